The van der Waals surface area contributed by atoms with Gasteiger partial charge < -0.3 is 5.11 Å². The fraction of sp³-hybridized carbons (Fsp3) is 0.500. The van der Waals surface area contributed by atoms with E-state index in [0.717, 1.165) is 25.4 Å². The van der Waals surface area contributed by atoms with E-state index in [0.29, 0.717) is 0 Å². The molecule has 0 aromatic heterocycles. The molecule has 0 atom stereocenters. The van der Waals surface area contributed by atoms with E-state index >= 15 is 0 Å². The molecule has 1 fully saturated rings. The van der Waals surface area contributed by atoms with Crippen LogP contribution in [0.4, 0.5) is 0 Å². The molecule has 0 bridgehead atoms. The van der Waals surface area contributed by atoms with E-state index < -0.39 is 5.60 Å². The molecule has 0 saturated carbocycles. The molecule has 0 spiro atoms. The molecule has 1 heterocycles. The van der Waals surface area contributed by atoms with Crippen molar-refractivity contribution in [2.75, 3.05) is 25.4 Å². The molecule has 2 rings (SSSR count). The highest BCUT2D eigenvalue weighted by Gasteiger charge is 2.35. The van der Waals surface area contributed by atoms with Crippen molar-refractivity contribution < 1.29 is 5.11 Å². The van der Waals surface area contributed by atoms with Gasteiger partial charge in [-0.25, -0.2) is 0 Å². The topological polar surface area (TPSA) is 23.5 Å². The van der Waals surface area contributed by atoms with Crippen molar-refractivity contribution in [1.82, 2.24) is 4.90 Å². The van der Waals surface area contributed by atoms with E-state index in [4.69, 9.17) is 0 Å². The summed E-state index contributed by atoms with van der Waals surface area (Å²) in [5.41, 5.74) is -0.433. The normalized spacial score (nSPS) is 19.9. The summed E-state index contributed by atoms with van der Waals surface area (Å²) < 4.78 is 0. The molecule has 82 valence electrons. The first-order valence-electron chi connectivity index (χ1n) is 5.28. The summed E-state index contributed by atoms with van der Waals surface area (Å²) in [4.78, 5) is 3.61. The van der Waals surface area contributed by atoms with Crippen LogP contribution >= 0.6 is 11.8 Å². The number of likely N-dealkylation sites (tertiary alicyclic amines) is 1. The largest absolute Gasteiger partial charge is 0.388 e. The molecule has 0 amide bonds. The zero-order chi connectivity index (χ0) is 10.7. The zero-order valence-electron chi connectivity index (χ0n) is 9.02. The van der Waals surface area contributed by atoms with Gasteiger partial charge in [-0.1, -0.05) is 18.2 Å². The average molecular weight is 223 g/mol. The lowest BCUT2D eigenvalue weighted by Gasteiger charge is -2.44. The summed E-state index contributed by atoms with van der Waals surface area (Å²) in [5.74, 6) is 1.10. The number of thioether (sulfide) groups is 1. The SMILES string of the molecule is CC1(O)CN(CCSc2ccccc2)C1. The Morgan fingerprint density at radius 3 is 2.60 bits per heavy atom. The van der Waals surface area contributed by atoms with Gasteiger partial charge in [-0.3, -0.25) is 4.90 Å². The molecule has 1 N–H and O–H groups in total. The molecule has 0 radical (unpaired) electrons. The second kappa shape index (κ2) is 4.56. The van der Waals surface area contributed by atoms with Crippen molar-refractivity contribution in [2.45, 2.75) is 17.4 Å². The van der Waals surface area contributed by atoms with Gasteiger partial charge in [-0.15, -0.1) is 11.8 Å². The smallest absolute Gasteiger partial charge is 0.0872 e. The number of hydrogen-bond donors (Lipinski definition) is 1. The standard InChI is InChI=1S/C12H17NOS/c1-12(14)9-13(10-12)7-8-15-11-5-3-2-4-6-11/h2-6,14H,7-10H2,1H3. The van der Waals surface area contributed by atoms with Crippen LogP contribution in [-0.4, -0.2) is 41.0 Å². The van der Waals surface area contributed by atoms with E-state index in [9.17, 15) is 5.11 Å². The number of hydrogen-bond acceptors (Lipinski definition) is 3. The first kappa shape index (κ1) is 11.0. The van der Waals surface area contributed by atoms with Crippen LogP contribution in [0.1, 0.15) is 6.92 Å². The minimum atomic E-state index is -0.433. The Morgan fingerprint density at radius 1 is 1.33 bits per heavy atom. The molecular weight excluding hydrogens is 206 g/mol. The Hall–Kier alpha value is -0.510. The number of aliphatic hydroxyl groups is 1. The molecule has 2 nitrogen and oxygen atoms in total. The maximum absolute atomic E-state index is 9.55. The lowest BCUT2D eigenvalue weighted by atomic mass is 9.97. The van der Waals surface area contributed by atoms with Gasteiger partial charge in [0.25, 0.3) is 0 Å². The second-order valence-electron chi connectivity index (χ2n) is 4.37. The van der Waals surface area contributed by atoms with Gasteiger partial charge in [0.1, 0.15) is 0 Å². The summed E-state index contributed by atoms with van der Waals surface area (Å²) in [6.45, 7) is 4.61. The summed E-state index contributed by atoms with van der Waals surface area (Å²) in [6.07, 6.45) is 0. The van der Waals surface area contributed by atoms with Gasteiger partial charge in [0.2, 0.25) is 0 Å². The van der Waals surface area contributed by atoms with Crippen molar-refractivity contribution in [3.63, 3.8) is 0 Å². The lowest BCUT2D eigenvalue weighted by Crippen LogP contribution is -2.60. The highest BCUT2D eigenvalue weighted by molar-refractivity contribution is 7.99. The van der Waals surface area contributed by atoms with Gasteiger partial charge in [-0.2, -0.15) is 0 Å². The first-order valence-corrected chi connectivity index (χ1v) is 6.27. The molecule has 1 aromatic carbocycles. The number of nitrogens with zero attached hydrogens (tertiary/aromatic N) is 1. The average Bonchev–Trinajstić information content (AvgIpc) is 2.16. The van der Waals surface area contributed by atoms with E-state index in [1.54, 1.807) is 0 Å². The van der Waals surface area contributed by atoms with Crippen molar-refractivity contribution in [1.29, 1.82) is 0 Å². The van der Waals surface area contributed by atoms with Gasteiger partial charge in [0.15, 0.2) is 0 Å². The molecule has 3 heteroatoms. The van der Waals surface area contributed by atoms with Crippen molar-refractivity contribution in [3.05, 3.63) is 30.3 Å². The number of benzene rings is 1. The third-order valence-electron chi connectivity index (χ3n) is 2.55. The van der Waals surface area contributed by atoms with Gasteiger partial charge >= 0.3 is 0 Å². The molecule has 1 aromatic rings. The van der Waals surface area contributed by atoms with Crippen LogP contribution in [-0.2, 0) is 0 Å². The Kier molecular flexibility index (Phi) is 3.34. The summed E-state index contributed by atoms with van der Waals surface area (Å²) in [6, 6.07) is 10.4. The van der Waals surface area contributed by atoms with Crippen LogP contribution in [0.2, 0.25) is 0 Å². The Morgan fingerprint density at radius 2 is 2.00 bits per heavy atom. The molecule has 0 unspecified atom stereocenters. The molecule has 1 saturated heterocycles. The van der Waals surface area contributed by atoms with Crippen LogP contribution < -0.4 is 0 Å². The fourth-order valence-electron chi connectivity index (χ4n) is 1.88. The minimum absolute atomic E-state index is 0.433. The van der Waals surface area contributed by atoms with Crippen LogP contribution in [0.25, 0.3) is 0 Å². The molecule has 1 aliphatic heterocycles. The molecule has 15 heavy (non-hydrogen) atoms. The van der Waals surface area contributed by atoms with Crippen LogP contribution in [0.15, 0.2) is 35.2 Å². The maximum Gasteiger partial charge on any atom is 0.0872 e. The maximum atomic E-state index is 9.55. The number of β-amino-alcohol motifs (C(OH)–C–C–N with tert-alkyl or cyclic N) is 1. The summed E-state index contributed by atoms with van der Waals surface area (Å²) >= 11 is 1.87. The second-order valence-corrected chi connectivity index (χ2v) is 5.54. The van der Waals surface area contributed by atoms with E-state index in [1.807, 2.05) is 24.8 Å². The quantitative estimate of drug-likeness (QED) is 0.788. The van der Waals surface area contributed by atoms with E-state index in [2.05, 4.69) is 29.2 Å². The molecule has 1 aliphatic rings. The van der Waals surface area contributed by atoms with E-state index in [1.165, 1.54) is 4.90 Å². The fourth-order valence-corrected chi connectivity index (χ4v) is 2.82. The van der Waals surface area contributed by atoms with Crippen molar-refractivity contribution in [3.8, 4) is 0 Å². The number of rotatable bonds is 4. The lowest BCUT2D eigenvalue weighted by molar-refractivity contribution is -0.0801. The summed E-state index contributed by atoms with van der Waals surface area (Å²) in [5, 5.41) is 9.55. The highest BCUT2D eigenvalue weighted by Crippen LogP contribution is 2.22. The zero-order valence-corrected chi connectivity index (χ0v) is 9.83. The van der Waals surface area contributed by atoms with Gasteiger partial charge in [-0.05, 0) is 19.1 Å². The van der Waals surface area contributed by atoms with E-state index in [-0.39, 0.29) is 0 Å². The van der Waals surface area contributed by atoms with Crippen LogP contribution in [0, 0.1) is 0 Å². The monoisotopic (exact) mass is 223 g/mol. The first-order chi connectivity index (χ1) is 7.16. The Bertz CT molecular complexity index is 305. The van der Waals surface area contributed by atoms with Crippen LogP contribution in [0.3, 0.4) is 0 Å². The molecular formula is C12H17NOS. The minimum Gasteiger partial charge on any atom is -0.388 e. The van der Waals surface area contributed by atoms with Crippen molar-refractivity contribution >= 4 is 11.8 Å². The summed E-state index contributed by atoms with van der Waals surface area (Å²) in [7, 11) is 0. The predicted molar refractivity (Wildman–Crippen MR) is 64.2 cm³/mol. The Labute approximate surface area is 95.3 Å². The third-order valence-corrected chi connectivity index (χ3v) is 3.54. The van der Waals surface area contributed by atoms with Gasteiger partial charge in [0, 0.05) is 30.3 Å². The predicted octanol–water partition coefficient (Wildman–Crippen LogP) is 1.85. The van der Waals surface area contributed by atoms with Crippen molar-refractivity contribution in [2.24, 2.45) is 0 Å². The highest BCUT2D eigenvalue weighted by atomic mass is 32.2. The third kappa shape index (κ3) is 3.23. The molecule has 0 aliphatic carbocycles. The van der Waals surface area contributed by atoms with Gasteiger partial charge in [0.05, 0.1) is 5.60 Å². The Balaban J connectivity index is 1.64. The van der Waals surface area contributed by atoms with Crippen LogP contribution in [0.5, 0.6) is 0 Å².